The zero-order valence-electron chi connectivity index (χ0n) is 7.86. The lowest BCUT2D eigenvalue weighted by atomic mass is 10.3. The smallest absolute Gasteiger partial charge is 0.200 e. The summed E-state index contributed by atoms with van der Waals surface area (Å²) >= 11 is 0. The van der Waals surface area contributed by atoms with Crippen LogP contribution < -0.4 is 0 Å². The van der Waals surface area contributed by atoms with Gasteiger partial charge in [-0.15, -0.1) is 0 Å². The van der Waals surface area contributed by atoms with Crippen LogP contribution in [-0.2, 0) is 0 Å². The third-order valence-corrected chi connectivity index (χ3v) is 1.50. The molecule has 0 aliphatic rings. The van der Waals surface area contributed by atoms with E-state index >= 15 is 0 Å². The number of nitrogens with zero attached hydrogens (tertiary/aromatic N) is 1. The zero-order chi connectivity index (χ0) is 13.0. The van der Waals surface area contributed by atoms with Gasteiger partial charge in [0.2, 0.25) is 34.9 Å². The van der Waals surface area contributed by atoms with E-state index in [1.807, 2.05) is 0 Å². The molecule has 8 heteroatoms. The van der Waals surface area contributed by atoms with Crippen LogP contribution in [0.4, 0.5) is 26.3 Å². The van der Waals surface area contributed by atoms with Crippen molar-refractivity contribution in [2.45, 2.75) is 0 Å². The minimum absolute atomic E-state index is 1.51. The van der Waals surface area contributed by atoms with Crippen LogP contribution in [-0.4, -0.2) is 5.16 Å². The van der Waals surface area contributed by atoms with E-state index in [2.05, 4.69) is 9.68 Å². The van der Waals surface area contributed by atoms with Crippen molar-refractivity contribution in [3.63, 3.8) is 0 Å². The molecule has 0 N–H and O–H groups in total. The molecule has 2 nitrogen and oxygen atoms in total. The molecule has 0 radical (unpaired) electrons. The first-order chi connectivity index (χ1) is 7.96. The van der Waals surface area contributed by atoms with Gasteiger partial charge < -0.3 is 4.52 Å². The number of hydrogen-bond acceptors (Lipinski definition) is 2. The Morgan fingerprint density at radius 3 is 1.18 bits per heavy atom. The second kappa shape index (κ2) is 5.37. The average Bonchev–Trinajstić information content (AvgIpc) is 2.90. The van der Waals surface area contributed by atoms with Gasteiger partial charge >= 0.3 is 0 Å². The number of aromatic nitrogens is 1. The van der Waals surface area contributed by atoms with Crippen molar-refractivity contribution in [1.29, 1.82) is 0 Å². The van der Waals surface area contributed by atoms with Crippen LogP contribution in [0.5, 0.6) is 0 Å². The topological polar surface area (TPSA) is 26.0 Å². The van der Waals surface area contributed by atoms with Gasteiger partial charge in [0.25, 0.3) is 0 Å². The highest BCUT2D eigenvalue weighted by molar-refractivity contribution is 5.14. The molecule has 0 unspecified atom stereocenters. The van der Waals surface area contributed by atoms with Crippen LogP contribution in [0.1, 0.15) is 0 Å². The lowest BCUT2D eigenvalue weighted by molar-refractivity contribution is 0.334. The number of rotatable bonds is 0. The van der Waals surface area contributed by atoms with E-state index in [1.165, 1.54) is 6.26 Å². The second-order valence-corrected chi connectivity index (χ2v) is 2.57. The highest BCUT2D eigenvalue weighted by Crippen LogP contribution is 2.20. The van der Waals surface area contributed by atoms with E-state index in [9.17, 15) is 26.3 Å². The Labute approximate surface area is 90.5 Å². The Morgan fingerprint density at radius 1 is 0.706 bits per heavy atom. The Morgan fingerprint density at radius 2 is 1.06 bits per heavy atom. The maximum Gasteiger partial charge on any atom is 0.200 e. The Kier molecular flexibility index (Phi) is 4.13. The summed E-state index contributed by atoms with van der Waals surface area (Å²) < 4.78 is 76.5. The molecule has 1 heterocycles. The van der Waals surface area contributed by atoms with Crippen LogP contribution in [0.2, 0.25) is 0 Å². The van der Waals surface area contributed by atoms with Crippen molar-refractivity contribution in [3.05, 3.63) is 53.4 Å². The molecule has 0 bridgehead atoms. The van der Waals surface area contributed by atoms with Crippen LogP contribution in [0.25, 0.3) is 0 Å². The van der Waals surface area contributed by atoms with E-state index in [1.54, 1.807) is 12.3 Å². The maximum atomic E-state index is 12.0. The summed E-state index contributed by atoms with van der Waals surface area (Å²) in [6.45, 7) is 0. The van der Waals surface area contributed by atoms with Crippen LogP contribution in [0, 0.1) is 34.9 Å². The van der Waals surface area contributed by atoms with Gasteiger partial charge in [-0.25, -0.2) is 26.3 Å². The molecule has 1 aromatic heterocycles. The minimum atomic E-state index is -2.37. The van der Waals surface area contributed by atoms with Crippen molar-refractivity contribution < 1.29 is 30.9 Å². The number of benzene rings is 1. The molecule has 2 aromatic rings. The van der Waals surface area contributed by atoms with Gasteiger partial charge in [0, 0.05) is 0 Å². The van der Waals surface area contributed by atoms with Gasteiger partial charge in [0.1, 0.15) is 6.26 Å². The van der Waals surface area contributed by atoms with Gasteiger partial charge in [-0.3, -0.25) is 0 Å². The monoisotopic (exact) mass is 255 g/mol. The molecule has 0 spiro atoms. The molecule has 1 aromatic carbocycles. The van der Waals surface area contributed by atoms with Gasteiger partial charge in [-0.05, 0) is 6.07 Å². The van der Waals surface area contributed by atoms with Crippen LogP contribution >= 0.6 is 0 Å². The van der Waals surface area contributed by atoms with Gasteiger partial charge in [-0.2, -0.15) is 0 Å². The quantitative estimate of drug-likeness (QED) is 0.410. The molecule has 17 heavy (non-hydrogen) atoms. The largest absolute Gasteiger partial charge is 0.365 e. The maximum absolute atomic E-state index is 12.0. The average molecular weight is 255 g/mol. The fourth-order valence-corrected chi connectivity index (χ4v) is 0.754. The fraction of sp³-hybridized carbons (Fsp3) is 0. The normalized spacial score (nSPS) is 9.76. The van der Waals surface area contributed by atoms with Crippen molar-refractivity contribution in [2.75, 3.05) is 0 Å². The summed E-state index contributed by atoms with van der Waals surface area (Å²) in [7, 11) is 0. The van der Waals surface area contributed by atoms with Gasteiger partial charge in [0.15, 0.2) is 0 Å². The van der Waals surface area contributed by atoms with E-state index in [0.717, 1.165) is 0 Å². The molecule has 0 aliphatic heterocycles. The minimum Gasteiger partial charge on any atom is -0.365 e. The second-order valence-electron chi connectivity index (χ2n) is 2.57. The molecule has 0 fully saturated rings. The molecule has 92 valence electrons. The summed E-state index contributed by atoms with van der Waals surface area (Å²) in [5, 5.41) is 3.35. The first-order valence-electron chi connectivity index (χ1n) is 3.98. The third kappa shape index (κ3) is 2.77. The van der Waals surface area contributed by atoms with Gasteiger partial charge in [-0.1, -0.05) is 5.16 Å². The number of halogens is 6. The summed E-state index contributed by atoms with van der Waals surface area (Å²) in [5.74, 6) is -14.2. The highest BCUT2D eigenvalue weighted by Gasteiger charge is 2.25. The lowest BCUT2D eigenvalue weighted by Crippen LogP contribution is -2.04. The zero-order valence-corrected chi connectivity index (χ0v) is 7.86. The standard InChI is InChI=1S/C6F6.C3H3NO/c7-1-2(8)4(10)6(12)5(11)3(1)9;1-2-4-5-3-1/h;1-3H. The summed E-state index contributed by atoms with van der Waals surface area (Å²) in [6, 6.07) is 1.72. The fourth-order valence-electron chi connectivity index (χ4n) is 0.754. The van der Waals surface area contributed by atoms with E-state index in [-0.39, 0.29) is 0 Å². The predicted octanol–water partition coefficient (Wildman–Crippen LogP) is 3.20. The molecule has 0 saturated heterocycles. The van der Waals surface area contributed by atoms with Crippen molar-refractivity contribution >= 4 is 0 Å². The molecule has 0 saturated carbocycles. The van der Waals surface area contributed by atoms with Crippen molar-refractivity contribution in [3.8, 4) is 0 Å². The SMILES string of the molecule is Fc1c(F)c(F)c(F)c(F)c1F.c1cnoc1. The van der Waals surface area contributed by atoms with Gasteiger partial charge in [0.05, 0.1) is 6.20 Å². The van der Waals surface area contributed by atoms with Crippen molar-refractivity contribution in [1.82, 2.24) is 5.16 Å². The molecular weight excluding hydrogens is 252 g/mol. The molecule has 2 rings (SSSR count). The Balaban J connectivity index is 0.000000239. The molecule has 0 aliphatic carbocycles. The Hall–Kier alpha value is -1.99. The highest BCUT2D eigenvalue weighted by atomic mass is 19.2. The molecule has 0 atom stereocenters. The predicted molar refractivity (Wildman–Crippen MR) is 42.7 cm³/mol. The van der Waals surface area contributed by atoms with Crippen molar-refractivity contribution in [2.24, 2.45) is 0 Å². The first kappa shape index (κ1) is 13.1. The Bertz CT molecular complexity index is 376. The number of hydrogen-bond donors (Lipinski definition) is 0. The first-order valence-corrected chi connectivity index (χ1v) is 3.98. The van der Waals surface area contributed by atoms with E-state index < -0.39 is 34.9 Å². The summed E-state index contributed by atoms with van der Waals surface area (Å²) in [5.41, 5.74) is 0. The summed E-state index contributed by atoms with van der Waals surface area (Å²) in [4.78, 5) is 0. The van der Waals surface area contributed by atoms with Crippen LogP contribution in [0.3, 0.4) is 0 Å². The van der Waals surface area contributed by atoms with Crippen LogP contribution in [0.15, 0.2) is 23.0 Å². The molecular formula is C9H3F6NO. The third-order valence-electron chi connectivity index (χ3n) is 1.50. The lowest BCUT2D eigenvalue weighted by Gasteiger charge is -1.99. The summed E-state index contributed by atoms with van der Waals surface area (Å²) in [6.07, 6.45) is 3.10. The molecule has 0 amide bonds. The van der Waals surface area contributed by atoms with E-state index in [0.29, 0.717) is 0 Å². The van der Waals surface area contributed by atoms with E-state index in [4.69, 9.17) is 0 Å².